The maximum Gasteiger partial charge on any atom is 0.226 e. The van der Waals surface area contributed by atoms with E-state index in [1.807, 2.05) is 31.3 Å². The normalized spacial score (nSPS) is 19.2. The van der Waals surface area contributed by atoms with Crippen LogP contribution >= 0.6 is 0 Å². The van der Waals surface area contributed by atoms with Gasteiger partial charge in [0.25, 0.3) is 0 Å². The number of terminal acetylenes is 1. The van der Waals surface area contributed by atoms with Gasteiger partial charge in [0.2, 0.25) is 5.95 Å². The first kappa shape index (κ1) is 18.1. The minimum Gasteiger partial charge on any atom is -0.393 e. The fraction of sp³-hybridized carbons (Fsp3) is 0.333. The molecule has 2 aromatic heterocycles. The van der Waals surface area contributed by atoms with E-state index in [4.69, 9.17) is 11.4 Å². The number of nitrogens with one attached hydrogen (secondary N) is 1. The fourth-order valence-electron chi connectivity index (χ4n) is 3.54. The molecule has 1 aromatic carbocycles. The number of fused-ring (bicyclic) bond motifs is 1. The molecule has 28 heavy (non-hydrogen) atoms. The number of aliphatic hydroxyl groups is 1. The van der Waals surface area contributed by atoms with Crippen LogP contribution in [-0.4, -0.2) is 44.2 Å². The molecule has 0 unspecified atom stereocenters. The van der Waals surface area contributed by atoms with Crippen LogP contribution in [0.1, 0.15) is 31.2 Å². The third-order valence-electron chi connectivity index (χ3n) is 5.19. The van der Waals surface area contributed by atoms with Crippen LogP contribution in [-0.2, 0) is 0 Å². The fourth-order valence-corrected chi connectivity index (χ4v) is 3.54. The summed E-state index contributed by atoms with van der Waals surface area (Å²) in [6.07, 6.45) is 12.0. The molecule has 1 aliphatic rings. The molecule has 142 valence electrons. The van der Waals surface area contributed by atoms with Crippen molar-refractivity contribution in [3.8, 4) is 12.3 Å². The molecule has 0 aliphatic heterocycles. The van der Waals surface area contributed by atoms with Gasteiger partial charge in [0.05, 0.1) is 12.3 Å². The van der Waals surface area contributed by atoms with Gasteiger partial charge in [-0.05, 0) is 43.9 Å². The molecule has 0 bridgehead atoms. The van der Waals surface area contributed by atoms with Crippen molar-refractivity contribution in [1.29, 1.82) is 0 Å². The molecule has 0 saturated heterocycles. The highest BCUT2D eigenvalue weighted by atomic mass is 16.3. The third-order valence-corrected chi connectivity index (χ3v) is 5.19. The topological polar surface area (TPSA) is 87.1 Å². The molecule has 1 saturated carbocycles. The number of rotatable bonds is 4. The predicted octanol–water partition coefficient (Wildman–Crippen LogP) is 2.88. The highest BCUT2D eigenvalue weighted by Crippen LogP contribution is 2.27. The Hall–Kier alpha value is -3.24. The molecule has 1 fully saturated rings. The molecular weight excluding hydrogens is 352 g/mol. The molecular formula is C21H22N6O. The lowest BCUT2D eigenvalue weighted by Crippen LogP contribution is -2.37. The van der Waals surface area contributed by atoms with Crippen LogP contribution in [0.25, 0.3) is 11.0 Å². The molecule has 7 heteroatoms. The highest BCUT2D eigenvalue weighted by Gasteiger charge is 2.24. The molecule has 4 rings (SSSR count). The predicted molar refractivity (Wildman–Crippen MR) is 109 cm³/mol. The van der Waals surface area contributed by atoms with Crippen molar-refractivity contribution in [1.82, 2.24) is 19.9 Å². The molecule has 0 atom stereocenters. The van der Waals surface area contributed by atoms with Gasteiger partial charge in [-0.15, -0.1) is 6.42 Å². The van der Waals surface area contributed by atoms with Crippen molar-refractivity contribution in [3.63, 3.8) is 0 Å². The standard InChI is InChI=1S/C21H22N6O/c1-3-14-5-4-6-15(11-14)25-20-19-18(23-13-24-20)12-22-21(26-19)27(2)16-7-9-17(28)10-8-16/h1,4-6,11-13,16-17,28H,7-10H2,2H3,(H,23,24,25)/t16-,17-. The molecule has 2 heterocycles. The summed E-state index contributed by atoms with van der Waals surface area (Å²) in [5, 5.41) is 13.0. The average Bonchev–Trinajstić information content (AvgIpc) is 2.74. The number of hydrogen-bond acceptors (Lipinski definition) is 7. The summed E-state index contributed by atoms with van der Waals surface area (Å²) in [5.74, 6) is 3.87. The second-order valence-corrected chi connectivity index (χ2v) is 7.05. The van der Waals surface area contributed by atoms with Crippen LogP contribution < -0.4 is 10.2 Å². The number of hydrogen-bond donors (Lipinski definition) is 2. The van der Waals surface area contributed by atoms with Crippen molar-refractivity contribution in [2.24, 2.45) is 0 Å². The van der Waals surface area contributed by atoms with E-state index in [0.29, 0.717) is 28.8 Å². The minimum absolute atomic E-state index is 0.190. The van der Waals surface area contributed by atoms with Crippen LogP contribution in [0.3, 0.4) is 0 Å². The lowest BCUT2D eigenvalue weighted by molar-refractivity contribution is 0.122. The van der Waals surface area contributed by atoms with Gasteiger partial charge in [0.15, 0.2) is 5.82 Å². The number of anilines is 3. The van der Waals surface area contributed by atoms with Crippen molar-refractivity contribution < 1.29 is 5.11 Å². The summed E-state index contributed by atoms with van der Waals surface area (Å²) in [4.78, 5) is 19.9. The Labute approximate surface area is 163 Å². The SMILES string of the molecule is C#Cc1cccc(Nc2ncnc3cnc(N(C)[C@H]4CC[C@H](O)CC4)nc23)c1. The first-order valence-corrected chi connectivity index (χ1v) is 9.36. The van der Waals surface area contributed by atoms with Gasteiger partial charge in [-0.1, -0.05) is 12.0 Å². The minimum atomic E-state index is -0.190. The quantitative estimate of drug-likeness (QED) is 0.679. The first-order chi connectivity index (χ1) is 13.6. The summed E-state index contributed by atoms with van der Waals surface area (Å²) in [6.45, 7) is 0. The largest absolute Gasteiger partial charge is 0.393 e. The number of nitrogens with zero attached hydrogens (tertiary/aromatic N) is 5. The number of aromatic nitrogens is 4. The zero-order chi connectivity index (χ0) is 19.5. The van der Waals surface area contributed by atoms with E-state index in [2.05, 4.69) is 31.1 Å². The molecule has 0 radical (unpaired) electrons. The Bertz CT molecular complexity index is 1020. The van der Waals surface area contributed by atoms with Gasteiger partial charge in [-0.2, -0.15) is 0 Å². The average molecular weight is 374 g/mol. The molecule has 2 N–H and O–H groups in total. The maximum atomic E-state index is 9.75. The number of aliphatic hydroxyl groups excluding tert-OH is 1. The molecule has 7 nitrogen and oxygen atoms in total. The van der Waals surface area contributed by atoms with Gasteiger partial charge in [0.1, 0.15) is 17.4 Å². The Balaban J connectivity index is 1.64. The summed E-state index contributed by atoms with van der Waals surface area (Å²) in [7, 11) is 2.00. The highest BCUT2D eigenvalue weighted by molar-refractivity contribution is 5.87. The first-order valence-electron chi connectivity index (χ1n) is 9.36. The van der Waals surface area contributed by atoms with E-state index < -0.39 is 0 Å². The monoisotopic (exact) mass is 374 g/mol. The van der Waals surface area contributed by atoms with Crippen LogP contribution in [0.15, 0.2) is 36.8 Å². The third kappa shape index (κ3) is 3.73. The summed E-state index contributed by atoms with van der Waals surface area (Å²) in [5.41, 5.74) is 2.95. The van der Waals surface area contributed by atoms with Crippen molar-refractivity contribution >= 4 is 28.5 Å². The van der Waals surface area contributed by atoms with Crippen molar-refractivity contribution in [2.45, 2.75) is 37.8 Å². The van der Waals surface area contributed by atoms with Gasteiger partial charge >= 0.3 is 0 Å². The maximum absolute atomic E-state index is 9.75. The van der Waals surface area contributed by atoms with Crippen LogP contribution in [0.5, 0.6) is 0 Å². The zero-order valence-corrected chi connectivity index (χ0v) is 15.7. The molecule has 0 amide bonds. The zero-order valence-electron chi connectivity index (χ0n) is 15.7. The van der Waals surface area contributed by atoms with Crippen molar-refractivity contribution in [3.05, 3.63) is 42.4 Å². The second kappa shape index (κ2) is 7.79. The second-order valence-electron chi connectivity index (χ2n) is 7.05. The Morgan fingerprint density at radius 1 is 1.18 bits per heavy atom. The lowest BCUT2D eigenvalue weighted by atomic mass is 9.92. The smallest absolute Gasteiger partial charge is 0.226 e. The van der Waals surface area contributed by atoms with E-state index in [1.54, 1.807) is 6.20 Å². The lowest BCUT2D eigenvalue weighted by Gasteiger charge is -2.33. The Morgan fingerprint density at radius 2 is 2.00 bits per heavy atom. The summed E-state index contributed by atoms with van der Waals surface area (Å²) >= 11 is 0. The van der Waals surface area contributed by atoms with E-state index in [1.165, 1.54) is 6.33 Å². The van der Waals surface area contributed by atoms with Crippen molar-refractivity contribution in [2.75, 3.05) is 17.3 Å². The van der Waals surface area contributed by atoms with Crippen LogP contribution in [0.4, 0.5) is 17.5 Å². The van der Waals surface area contributed by atoms with E-state index in [-0.39, 0.29) is 6.10 Å². The van der Waals surface area contributed by atoms with Gasteiger partial charge < -0.3 is 15.3 Å². The van der Waals surface area contributed by atoms with E-state index in [0.717, 1.165) is 36.9 Å². The van der Waals surface area contributed by atoms with Crippen LogP contribution in [0, 0.1) is 12.3 Å². The Morgan fingerprint density at radius 3 is 2.79 bits per heavy atom. The van der Waals surface area contributed by atoms with E-state index >= 15 is 0 Å². The summed E-state index contributed by atoms with van der Waals surface area (Å²) < 4.78 is 0. The van der Waals surface area contributed by atoms with Crippen LogP contribution in [0.2, 0.25) is 0 Å². The Kier molecular flexibility index (Phi) is 5.04. The molecule has 1 aliphatic carbocycles. The van der Waals surface area contributed by atoms with E-state index in [9.17, 15) is 5.11 Å². The van der Waals surface area contributed by atoms with Gasteiger partial charge in [0, 0.05) is 24.3 Å². The number of benzene rings is 1. The molecule has 0 spiro atoms. The van der Waals surface area contributed by atoms with Gasteiger partial charge in [-0.25, -0.2) is 19.9 Å². The van der Waals surface area contributed by atoms with Gasteiger partial charge in [-0.3, -0.25) is 0 Å². The molecule has 3 aromatic rings. The summed E-state index contributed by atoms with van der Waals surface area (Å²) in [6, 6.07) is 7.90.